The Kier molecular flexibility index (Phi) is 5.39. The number of allylic oxidation sites excluding steroid dienone is 1. The number of rotatable bonds is 5. The Morgan fingerprint density at radius 3 is 2.40 bits per heavy atom. The van der Waals surface area contributed by atoms with Crippen LogP contribution in [-0.4, -0.2) is 11.1 Å². The summed E-state index contributed by atoms with van der Waals surface area (Å²) in [6.07, 6.45) is 4.23. The number of hydrogen-bond donors (Lipinski definition) is 1. The lowest BCUT2D eigenvalue weighted by Gasteiger charge is -2.06. The van der Waals surface area contributed by atoms with Gasteiger partial charge in [-0.15, -0.1) is 12.3 Å². The highest BCUT2D eigenvalue weighted by Gasteiger charge is 2.29. The molecule has 0 heterocycles. The normalized spacial score (nSPS) is 13.1. The maximum Gasteiger partial charge on any atom is 0.416 e. The monoisotopic (exact) mass is 282 g/mol. The second-order valence-electron chi connectivity index (χ2n) is 4.20. The van der Waals surface area contributed by atoms with Crippen molar-refractivity contribution in [2.75, 3.05) is 0 Å². The first kappa shape index (κ1) is 15.8. The number of halogens is 3. The van der Waals surface area contributed by atoms with Gasteiger partial charge in [-0.1, -0.05) is 24.3 Å². The van der Waals surface area contributed by atoms with E-state index in [9.17, 15) is 18.0 Å². The van der Waals surface area contributed by atoms with E-state index < -0.39 is 23.6 Å². The number of hydrogen-bond acceptors (Lipinski definition) is 1. The fraction of sp³-hybridized carbons (Fsp3) is 0.267. The van der Waals surface area contributed by atoms with Gasteiger partial charge in [0.15, 0.2) is 0 Å². The maximum atomic E-state index is 12.3. The first-order valence-electron chi connectivity index (χ1n) is 5.84. The molecule has 0 saturated heterocycles. The molecule has 0 spiro atoms. The van der Waals surface area contributed by atoms with Crippen LogP contribution in [0.2, 0.25) is 0 Å². The molecule has 0 fully saturated rings. The third-order valence-electron chi connectivity index (χ3n) is 2.68. The topological polar surface area (TPSA) is 37.3 Å². The van der Waals surface area contributed by atoms with Crippen LogP contribution >= 0.6 is 0 Å². The molecule has 1 aromatic carbocycles. The van der Waals surface area contributed by atoms with Crippen LogP contribution in [0.1, 0.15) is 24.0 Å². The zero-order valence-electron chi connectivity index (χ0n) is 10.5. The molecule has 0 aliphatic carbocycles. The first-order chi connectivity index (χ1) is 9.34. The van der Waals surface area contributed by atoms with E-state index >= 15 is 0 Å². The number of alkyl halides is 3. The summed E-state index contributed by atoms with van der Waals surface area (Å²) in [5.41, 5.74) is -0.145. The molecule has 0 aromatic heterocycles. The van der Waals surface area contributed by atoms with Crippen molar-refractivity contribution < 1.29 is 23.1 Å². The minimum absolute atomic E-state index is 0.118. The average Bonchev–Trinajstić information content (AvgIpc) is 2.37. The van der Waals surface area contributed by atoms with Crippen molar-refractivity contribution >= 4 is 12.0 Å². The van der Waals surface area contributed by atoms with E-state index in [1.165, 1.54) is 12.1 Å². The Bertz CT molecular complexity index is 522. The lowest BCUT2D eigenvalue weighted by Crippen LogP contribution is -2.11. The van der Waals surface area contributed by atoms with Gasteiger partial charge in [0, 0.05) is 6.42 Å². The molecule has 20 heavy (non-hydrogen) atoms. The van der Waals surface area contributed by atoms with Gasteiger partial charge in [0.05, 0.1) is 11.5 Å². The molecule has 0 aliphatic rings. The van der Waals surface area contributed by atoms with Crippen LogP contribution in [0.4, 0.5) is 13.2 Å². The van der Waals surface area contributed by atoms with E-state index in [2.05, 4.69) is 5.92 Å². The van der Waals surface area contributed by atoms with Crippen LogP contribution in [0.5, 0.6) is 0 Å². The lowest BCUT2D eigenvalue weighted by atomic mass is 10.0. The third-order valence-corrected chi connectivity index (χ3v) is 2.68. The molecule has 1 aromatic rings. The molecule has 0 unspecified atom stereocenters. The molecular formula is C15H13F3O2. The van der Waals surface area contributed by atoms with Gasteiger partial charge >= 0.3 is 12.1 Å². The molecule has 0 amide bonds. The van der Waals surface area contributed by atoms with Crippen LogP contribution in [0.3, 0.4) is 0 Å². The molecule has 0 radical (unpaired) electrons. The Balaban J connectivity index is 2.67. The summed E-state index contributed by atoms with van der Waals surface area (Å²) in [5.74, 6) is 0.621. The molecular weight excluding hydrogens is 269 g/mol. The van der Waals surface area contributed by atoms with Crippen molar-refractivity contribution in [1.82, 2.24) is 0 Å². The Morgan fingerprint density at radius 1 is 1.35 bits per heavy atom. The molecule has 0 aliphatic heterocycles. The predicted molar refractivity (Wildman–Crippen MR) is 69.7 cm³/mol. The highest BCUT2D eigenvalue weighted by molar-refractivity contribution is 5.70. The number of benzene rings is 1. The molecule has 2 nitrogen and oxygen atoms in total. The zero-order valence-corrected chi connectivity index (χ0v) is 10.5. The summed E-state index contributed by atoms with van der Waals surface area (Å²) in [6, 6.07) is 4.62. The highest BCUT2D eigenvalue weighted by Crippen LogP contribution is 2.29. The third kappa shape index (κ3) is 4.81. The first-order valence-corrected chi connectivity index (χ1v) is 5.84. The van der Waals surface area contributed by atoms with E-state index in [0.29, 0.717) is 5.56 Å². The second-order valence-corrected chi connectivity index (χ2v) is 4.20. The molecule has 1 N–H and O–H groups in total. The molecule has 1 atom stereocenters. The minimum Gasteiger partial charge on any atom is -0.481 e. The van der Waals surface area contributed by atoms with Gasteiger partial charge in [0.25, 0.3) is 0 Å². The molecule has 1 rings (SSSR count). The van der Waals surface area contributed by atoms with Crippen molar-refractivity contribution in [2.45, 2.75) is 19.0 Å². The fourth-order valence-corrected chi connectivity index (χ4v) is 1.57. The maximum absolute atomic E-state index is 12.3. The van der Waals surface area contributed by atoms with Crippen LogP contribution in [0.25, 0.3) is 6.08 Å². The number of terminal acetylenes is 1. The van der Waals surface area contributed by atoms with Crippen molar-refractivity contribution in [2.24, 2.45) is 5.92 Å². The van der Waals surface area contributed by atoms with E-state index in [1.54, 1.807) is 12.2 Å². The highest BCUT2D eigenvalue weighted by atomic mass is 19.4. The number of aliphatic carboxylic acids is 1. The number of carbonyl (C=O) groups is 1. The van der Waals surface area contributed by atoms with E-state index in [4.69, 9.17) is 11.5 Å². The Hall–Kier alpha value is -2.22. The summed E-state index contributed by atoms with van der Waals surface area (Å²) < 4.78 is 37.0. The van der Waals surface area contributed by atoms with Gasteiger partial charge in [-0.2, -0.15) is 13.2 Å². The molecule has 5 heteroatoms. The SMILES string of the molecule is C#CC[C@@H](C/C=C/c1ccc(C(F)(F)F)cc1)C(=O)O. The summed E-state index contributed by atoms with van der Waals surface area (Å²) in [6.45, 7) is 0. The minimum atomic E-state index is -4.36. The predicted octanol–water partition coefficient (Wildman–Crippen LogP) is 3.83. The largest absolute Gasteiger partial charge is 0.481 e. The summed E-state index contributed by atoms with van der Waals surface area (Å²) in [4.78, 5) is 10.8. The van der Waals surface area contributed by atoms with Crippen molar-refractivity contribution in [3.05, 3.63) is 41.5 Å². The Labute approximate surface area is 114 Å². The lowest BCUT2D eigenvalue weighted by molar-refractivity contribution is -0.141. The zero-order chi connectivity index (χ0) is 15.2. The molecule has 0 saturated carbocycles. The molecule has 106 valence electrons. The van der Waals surface area contributed by atoms with Gasteiger partial charge in [0.2, 0.25) is 0 Å². The van der Waals surface area contributed by atoms with Crippen molar-refractivity contribution in [3.8, 4) is 12.3 Å². The van der Waals surface area contributed by atoms with Gasteiger partial charge in [-0.25, -0.2) is 0 Å². The van der Waals surface area contributed by atoms with Crippen molar-refractivity contribution in [1.29, 1.82) is 0 Å². The Morgan fingerprint density at radius 2 is 1.95 bits per heavy atom. The van der Waals surface area contributed by atoms with Crippen LogP contribution in [0, 0.1) is 18.3 Å². The van der Waals surface area contributed by atoms with Gasteiger partial charge in [-0.3, -0.25) is 4.79 Å². The molecule has 0 bridgehead atoms. The van der Waals surface area contributed by atoms with Gasteiger partial charge in [0.1, 0.15) is 0 Å². The average molecular weight is 282 g/mol. The standard InChI is InChI=1S/C15H13F3O2/c1-2-4-12(14(19)20)6-3-5-11-7-9-13(10-8-11)15(16,17)18/h1,3,5,7-10,12H,4,6H2,(H,19,20)/b5-3+/t12-/m0/s1. The van der Waals surface area contributed by atoms with Crippen LogP contribution < -0.4 is 0 Å². The van der Waals surface area contributed by atoms with E-state index in [1.807, 2.05) is 0 Å². The van der Waals surface area contributed by atoms with Gasteiger partial charge < -0.3 is 5.11 Å². The van der Waals surface area contributed by atoms with Crippen LogP contribution in [-0.2, 0) is 11.0 Å². The quantitative estimate of drug-likeness (QED) is 0.833. The fourth-order valence-electron chi connectivity index (χ4n) is 1.57. The summed E-state index contributed by atoms with van der Waals surface area (Å²) >= 11 is 0. The van der Waals surface area contributed by atoms with E-state index in [-0.39, 0.29) is 12.8 Å². The smallest absolute Gasteiger partial charge is 0.416 e. The number of carboxylic acids is 1. The second kappa shape index (κ2) is 6.80. The summed E-state index contributed by atoms with van der Waals surface area (Å²) in [5, 5.41) is 8.87. The summed E-state index contributed by atoms with van der Waals surface area (Å²) in [7, 11) is 0. The van der Waals surface area contributed by atoms with E-state index in [0.717, 1.165) is 12.1 Å². The van der Waals surface area contributed by atoms with Gasteiger partial charge in [-0.05, 0) is 24.1 Å². The van der Waals surface area contributed by atoms with Crippen LogP contribution in [0.15, 0.2) is 30.3 Å². The number of carboxylic acid groups (broad SMARTS) is 1. The van der Waals surface area contributed by atoms with Crippen molar-refractivity contribution in [3.63, 3.8) is 0 Å².